The van der Waals surface area contributed by atoms with Gasteiger partial charge in [-0.2, -0.15) is 0 Å². The Labute approximate surface area is 104 Å². The van der Waals surface area contributed by atoms with Gasteiger partial charge in [-0.1, -0.05) is 0 Å². The number of amides is 2. The normalized spacial score (nSPS) is 10.1. The van der Waals surface area contributed by atoms with E-state index in [9.17, 15) is 9.59 Å². The van der Waals surface area contributed by atoms with Crippen molar-refractivity contribution < 1.29 is 14.7 Å². The number of hydrogen-bond donors (Lipinski definition) is 2. The molecule has 0 aliphatic rings. The van der Waals surface area contributed by atoms with E-state index in [-0.39, 0.29) is 11.6 Å². The molecule has 2 amide bonds. The molecule has 1 aromatic heterocycles. The second-order valence-electron chi connectivity index (χ2n) is 3.74. The van der Waals surface area contributed by atoms with Crippen molar-refractivity contribution in [2.45, 2.75) is 20.8 Å². The van der Waals surface area contributed by atoms with Gasteiger partial charge < -0.3 is 10.0 Å². The molecular weight excluding hydrogens is 240 g/mol. The van der Waals surface area contributed by atoms with Crippen molar-refractivity contribution in [1.82, 2.24) is 4.90 Å². The van der Waals surface area contributed by atoms with Gasteiger partial charge in [0, 0.05) is 18.5 Å². The minimum absolute atomic E-state index is 0.186. The van der Waals surface area contributed by atoms with Crippen LogP contribution in [0, 0.1) is 13.8 Å². The first-order valence-electron chi connectivity index (χ1n) is 5.23. The van der Waals surface area contributed by atoms with Crippen molar-refractivity contribution >= 4 is 28.3 Å². The monoisotopic (exact) mass is 256 g/mol. The second-order valence-corrected chi connectivity index (χ2v) is 4.96. The predicted octanol–water partition coefficient (Wildman–Crippen LogP) is 2.55. The Morgan fingerprint density at radius 1 is 1.41 bits per heavy atom. The zero-order valence-corrected chi connectivity index (χ0v) is 11.1. The van der Waals surface area contributed by atoms with Crippen LogP contribution in [0.15, 0.2) is 0 Å². The van der Waals surface area contributed by atoms with E-state index in [0.29, 0.717) is 17.1 Å². The summed E-state index contributed by atoms with van der Waals surface area (Å²) in [4.78, 5) is 25.2. The summed E-state index contributed by atoms with van der Waals surface area (Å²) in [5.74, 6) is -1.01. The summed E-state index contributed by atoms with van der Waals surface area (Å²) in [5.41, 5.74) is 0.891. The third kappa shape index (κ3) is 2.76. The summed E-state index contributed by atoms with van der Waals surface area (Å²) in [6, 6.07) is -0.295. The summed E-state index contributed by atoms with van der Waals surface area (Å²) in [6.07, 6.45) is 0. The number of urea groups is 1. The Hall–Kier alpha value is -1.56. The van der Waals surface area contributed by atoms with Gasteiger partial charge in [-0.3, -0.25) is 5.32 Å². The fourth-order valence-electron chi connectivity index (χ4n) is 1.31. The van der Waals surface area contributed by atoms with Gasteiger partial charge in [-0.25, -0.2) is 9.59 Å². The van der Waals surface area contributed by atoms with Crippen LogP contribution in [0.2, 0.25) is 0 Å². The second kappa shape index (κ2) is 5.18. The van der Waals surface area contributed by atoms with Gasteiger partial charge in [0.15, 0.2) is 0 Å². The van der Waals surface area contributed by atoms with Crippen molar-refractivity contribution in [2.75, 3.05) is 18.9 Å². The molecule has 0 saturated carbocycles. The van der Waals surface area contributed by atoms with Gasteiger partial charge in [-0.05, 0) is 26.3 Å². The predicted molar refractivity (Wildman–Crippen MR) is 68.1 cm³/mol. The number of carboxylic acids is 1. The molecule has 0 atom stereocenters. The lowest BCUT2D eigenvalue weighted by molar-refractivity contribution is 0.0697. The van der Waals surface area contributed by atoms with E-state index in [2.05, 4.69) is 5.32 Å². The first kappa shape index (κ1) is 13.5. The number of nitrogens with zero attached hydrogens (tertiary/aromatic N) is 1. The molecule has 0 bridgehead atoms. The number of nitrogens with one attached hydrogen (secondary N) is 1. The van der Waals surface area contributed by atoms with Crippen molar-refractivity contribution in [2.24, 2.45) is 0 Å². The first-order chi connectivity index (χ1) is 7.88. The molecule has 0 fully saturated rings. The van der Waals surface area contributed by atoms with Crippen molar-refractivity contribution in [3.05, 3.63) is 16.0 Å². The van der Waals surface area contributed by atoms with E-state index in [1.165, 1.54) is 16.2 Å². The molecule has 1 rings (SSSR count). The fourth-order valence-corrected chi connectivity index (χ4v) is 2.35. The van der Waals surface area contributed by atoms with Crippen molar-refractivity contribution in [3.8, 4) is 0 Å². The molecule has 2 N–H and O–H groups in total. The SMILES string of the molecule is CCN(C)C(=O)Nc1sc(C)c(C)c1C(=O)O. The summed E-state index contributed by atoms with van der Waals surface area (Å²) in [5, 5.41) is 12.1. The van der Waals surface area contributed by atoms with E-state index in [4.69, 9.17) is 5.11 Å². The number of anilines is 1. The lowest BCUT2D eigenvalue weighted by atomic mass is 10.1. The molecule has 17 heavy (non-hydrogen) atoms. The first-order valence-corrected chi connectivity index (χ1v) is 6.05. The summed E-state index contributed by atoms with van der Waals surface area (Å²) in [7, 11) is 1.66. The molecule has 0 aliphatic heterocycles. The molecule has 0 aliphatic carbocycles. The molecule has 6 heteroatoms. The van der Waals surface area contributed by atoms with Crippen molar-refractivity contribution in [1.29, 1.82) is 0 Å². The smallest absolute Gasteiger partial charge is 0.338 e. The standard InChI is InChI=1S/C11H16N2O3S/c1-5-13(4)11(16)12-9-8(10(14)15)6(2)7(3)17-9/h5H2,1-4H3,(H,12,16)(H,14,15). The number of hydrogen-bond acceptors (Lipinski definition) is 3. The van der Waals surface area contributed by atoms with E-state index >= 15 is 0 Å². The summed E-state index contributed by atoms with van der Waals surface area (Å²) < 4.78 is 0. The van der Waals surface area contributed by atoms with Gasteiger partial charge >= 0.3 is 12.0 Å². The van der Waals surface area contributed by atoms with E-state index < -0.39 is 5.97 Å². The number of thiophene rings is 1. The van der Waals surface area contributed by atoms with E-state index in [0.717, 1.165) is 4.88 Å². The van der Waals surface area contributed by atoms with Gasteiger partial charge in [0.2, 0.25) is 0 Å². The molecule has 0 saturated heterocycles. The van der Waals surface area contributed by atoms with Crippen LogP contribution in [0.4, 0.5) is 9.80 Å². The molecule has 1 heterocycles. The number of carbonyl (C=O) groups is 2. The van der Waals surface area contributed by atoms with Crippen LogP contribution in [-0.2, 0) is 0 Å². The zero-order chi connectivity index (χ0) is 13.2. The van der Waals surface area contributed by atoms with Gasteiger partial charge in [-0.15, -0.1) is 11.3 Å². The van der Waals surface area contributed by atoms with Crippen LogP contribution in [0.5, 0.6) is 0 Å². The maximum atomic E-state index is 11.7. The minimum atomic E-state index is -1.01. The molecule has 0 spiro atoms. The average Bonchev–Trinajstić information content (AvgIpc) is 2.53. The van der Waals surface area contributed by atoms with Crippen LogP contribution in [0.25, 0.3) is 0 Å². The Morgan fingerprint density at radius 2 is 2.00 bits per heavy atom. The van der Waals surface area contributed by atoms with E-state index in [1.807, 2.05) is 13.8 Å². The maximum Gasteiger partial charge on any atom is 0.338 e. The van der Waals surface area contributed by atoms with Crippen LogP contribution in [0.3, 0.4) is 0 Å². The highest BCUT2D eigenvalue weighted by Crippen LogP contribution is 2.32. The third-order valence-electron chi connectivity index (χ3n) is 2.64. The zero-order valence-electron chi connectivity index (χ0n) is 10.3. The summed E-state index contributed by atoms with van der Waals surface area (Å²) in [6.45, 7) is 6.00. The molecular formula is C11H16N2O3S. The third-order valence-corrected chi connectivity index (χ3v) is 3.76. The minimum Gasteiger partial charge on any atom is -0.478 e. The molecule has 94 valence electrons. The Balaban J connectivity index is 3.03. The topological polar surface area (TPSA) is 69.6 Å². The average molecular weight is 256 g/mol. The molecule has 0 unspecified atom stereocenters. The number of aryl methyl sites for hydroxylation is 1. The molecule has 0 radical (unpaired) electrons. The van der Waals surface area contributed by atoms with Crippen LogP contribution >= 0.6 is 11.3 Å². The maximum absolute atomic E-state index is 11.7. The number of aromatic carboxylic acids is 1. The Bertz CT molecular complexity index is 454. The highest BCUT2D eigenvalue weighted by molar-refractivity contribution is 7.16. The van der Waals surface area contributed by atoms with Gasteiger partial charge in [0.1, 0.15) is 5.00 Å². The Morgan fingerprint density at radius 3 is 2.47 bits per heavy atom. The van der Waals surface area contributed by atoms with E-state index in [1.54, 1.807) is 14.0 Å². The molecule has 0 aromatic carbocycles. The number of carbonyl (C=O) groups excluding carboxylic acids is 1. The highest BCUT2D eigenvalue weighted by atomic mass is 32.1. The quantitative estimate of drug-likeness (QED) is 0.873. The molecule has 1 aromatic rings. The van der Waals surface area contributed by atoms with Crippen LogP contribution in [0.1, 0.15) is 27.7 Å². The van der Waals surface area contributed by atoms with Crippen molar-refractivity contribution in [3.63, 3.8) is 0 Å². The number of rotatable bonds is 3. The summed E-state index contributed by atoms with van der Waals surface area (Å²) >= 11 is 1.29. The Kier molecular flexibility index (Phi) is 4.11. The van der Waals surface area contributed by atoms with Gasteiger partial charge in [0.05, 0.1) is 5.56 Å². The van der Waals surface area contributed by atoms with Crippen LogP contribution < -0.4 is 5.32 Å². The lowest BCUT2D eigenvalue weighted by Gasteiger charge is -2.14. The largest absolute Gasteiger partial charge is 0.478 e. The van der Waals surface area contributed by atoms with Gasteiger partial charge in [0.25, 0.3) is 0 Å². The van der Waals surface area contributed by atoms with Crippen LogP contribution in [-0.4, -0.2) is 35.6 Å². The lowest BCUT2D eigenvalue weighted by Crippen LogP contribution is -2.31. The number of carboxylic acid groups (broad SMARTS) is 1. The fraction of sp³-hybridized carbons (Fsp3) is 0.455. The molecule has 5 nitrogen and oxygen atoms in total. The highest BCUT2D eigenvalue weighted by Gasteiger charge is 2.20.